The van der Waals surface area contributed by atoms with E-state index in [1.807, 2.05) is 28.8 Å². The van der Waals surface area contributed by atoms with Crippen LogP contribution in [-0.2, 0) is 18.5 Å². The summed E-state index contributed by atoms with van der Waals surface area (Å²) in [6.07, 6.45) is 1.02. The van der Waals surface area contributed by atoms with Gasteiger partial charge in [-0.15, -0.1) is 0 Å². The van der Waals surface area contributed by atoms with Gasteiger partial charge in [0, 0.05) is 6.54 Å². The van der Waals surface area contributed by atoms with E-state index in [1.165, 1.54) is 5.56 Å². The van der Waals surface area contributed by atoms with Gasteiger partial charge in [-0.05, 0) is 41.7 Å². The molecule has 1 heterocycles. The van der Waals surface area contributed by atoms with Gasteiger partial charge in [0.2, 0.25) is 5.62 Å². The number of nitrogens with zero attached hydrogens (tertiary/aromatic N) is 2. The van der Waals surface area contributed by atoms with Crippen molar-refractivity contribution in [2.45, 2.75) is 52.6 Å². The minimum absolute atomic E-state index is 0. The molecule has 0 radical (unpaired) electrons. The maximum absolute atomic E-state index is 8.53. The summed E-state index contributed by atoms with van der Waals surface area (Å²) in [6, 6.07) is 16.6. The van der Waals surface area contributed by atoms with Crippen molar-refractivity contribution in [1.29, 1.82) is 5.41 Å². The minimum Gasteiger partial charge on any atom is -1.00 e. The third-order valence-electron chi connectivity index (χ3n) is 4.73. The fourth-order valence-corrected chi connectivity index (χ4v) is 3.28. The van der Waals surface area contributed by atoms with Gasteiger partial charge in [-0.3, -0.25) is 5.41 Å². The first-order valence-electron chi connectivity index (χ1n) is 9.38. The molecule has 27 heavy (non-hydrogen) atoms. The van der Waals surface area contributed by atoms with Crippen molar-refractivity contribution in [3.63, 3.8) is 0 Å². The van der Waals surface area contributed by atoms with Crippen molar-refractivity contribution in [2.24, 2.45) is 0 Å². The molecule has 2 aromatic carbocycles. The zero-order valence-electron chi connectivity index (χ0n) is 16.6. The lowest BCUT2D eigenvalue weighted by molar-refractivity contribution is -0.00000655. The Kier molecular flexibility index (Phi) is 6.93. The number of halogens is 1. The van der Waals surface area contributed by atoms with Crippen LogP contribution < -0.4 is 27.3 Å². The Balaban J connectivity index is 0.00000261. The summed E-state index contributed by atoms with van der Waals surface area (Å²) in [7, 11) is 0. The zero-order valence-corrected chi connectivity index (χ0v) is 18.2. The van der Waals surface area contributed by atoms with E-state index in [0.717, 1.165) is 29.7 Å². The fourth-order valence-electron chi connectivity index (χ4n) is 3.28. The van der Waals surface area contributed by atoms with E-state index in [-0.39, 0.29) is 22.4 Å². The molecule has 0 unspecified atom stereocenters. The van der Waals surface area contributed by atoms with Crippen molar-refractivity contribution in [2.75, 3.05) is 6.61 Å². The SMILES string of the molecule is CCCn1c(=N)n(CCOc2ccc(C(C)(C)C)cc2)c2ccccc21.[Br-]. The second kappa shape index (κ2) is 8.79. The molecule has 0 aliphatic heterocycles. The third kappa shape index (κ3) is 4.64. The highest BCUT2D eigenvalue weighted by atomic mass is 79.9. The number of hydrogen-bond donors (Lipinski definition) is 1. The molecule has 0 aliphatic rings. The number of benzene rings is 2. The highest BCUT2D eigenvalue weighted by molar-refractivity contribution is 5.75. The van der Waals surface area contributed by atoms with E-state index in [0.29, 0.717) is 18.8 Å². The van der Waals surface area contributed by atoms with Crippen molar-refractivity contribution in [1.82, 2.24) is 9.13 Å². The van der Waals surface area contributed by atoms with E-state index >= 15 is 0 Å². The Bertz CT molecular complexity index is 933. The van der Waals surface area contributed by atoms with Gasteiger partial charge in [-0.25, -0.2) is 0 Å². The van der Waals surface area contributed by atoms with Gasteiger partial charge >= 0.3 is 0 Å². The number of aryl methyl sites for hydroxylation is 1. The highest BCUT2D eigenvalue weighted by Crippen LogP contribution is 2.24. The summed E-state index contributed by atoms with van der Waals surface area (Å²) in [6.45, 7) is 10.8. The molecular formula is C22H29BrN3O-. The van der Waals surface area contributed by atoms with Crippen LogP contribution in [0.4, 0.5) is 0 Å². The average Bonchev–Trinajstić information content (AvgIpc) is 2.88. The Morgan fingerprint density at radius 3 is 1.96 bits per heavy atom. The summed E-state index contributed by atoms with van der Waals surface area (Å²) in [5.74, 6) is 0.877. The molecule has 5 heteroatoms. The first-order chi connectivity index (χ1) is 12.4. The molecule has 0 saturated heterocycles. The Morgan fingerprint density at radius 2 is 1.44 bits per heavy atom. The van der Waals surface area contributed by atoms with E-state index in [4.69, 9.17) is 10.1 Å². The summed E-state index contributed by atoms with van der Waals surface area (Å²) < 4.78 is 10.1. The normalized spacial score (nSPS) is 11.4. The van der Waals surface area contributed by atoms with Crippen LogP contribution in [0.15, 0.2) is 48.5 Å². The van der Waals surface area contributed by atoms with Crippen molar-refractivity contribution in [3.05, 3.63) is 59.7 Å². The number of ether oxygens (including phenoxy) is 1. The first kappa shape index (κ1) is 21.3. The zero-order chi connectivity index (χ0) is 18.7. The lowest BCUT2D eigenvalue weighted by Crippen LogP contribution is -3.00. The number of hydrogen-bond acceptors (Lipinski definition) is 2. The highest BCUT2D eigenvalue weighted by Gasteiger charge is 2.13. The van der Waals surface area contributed by atoms with Crippen LogP contribution in [0, 0.1) is 5.41 Å². The maximum Gasteiger partial charge on any atom is 0.203 e. The largest absolute Gasteiger partial charge is 1.00 e. The number of aromatic nitrogens is 2. The first-order valence-corrected chi connectivity index (χ1v) is 9.38. The molecule has 3 rings (SSSR count). The van der Waals surface area contributed by atoms with E-state index < -0.39 is 0 Å². The predicted octanol–water partition coefficient (Wildman–Crippen LogP) is 1.71. The molecule has 3 aromatic rings. The van der Waals surface area contributed by atoms with Crippen LogP contribution in [0.5, 0.6) is 5.75 Å². The minimum atomic E-state index is 0. The molecule has 1 aromatic heterocycles. The molecule has 0 amide bonds. The topological polar surface area (TPSA) is 42.9 Å². The monoisotopic (exact) mass is 430 g/mol. The average molecular weight is 431 g/mol. The predicted molar refractivity (Wildman–Crippen MR) is 107 cm³/mol. The van der Waals surface area contributed by atoms with Crippen molar-refractivity contribution in [3.8, 4) is 5.75 Å². The third-order valence-corrected chi connectivity index (χ3v) is 4.73. The molecule has 146 valence electrons. The van der Waals surface area contributed by atoms with Crippen LogP contribution in [0.3, 0.4) is 0 Å². The lowest BCUT2D eigenvalue weighted by atomic mass is 9.87. The van der Waals surface area contributed by atoms with Gasteiger partial charge < -0.3 is 30.9 Å². The molecule has 0 saturated carbocycles. The van der Waals surface area contributed by atoms with Crippen molar-refractivity contribution < 1.29 is 21.7 Å². The number of fused-ring (bicyclic) bond motifs is 1. The van der Waals surface area contributed by atoms with Crippen LogP contribution in [0.2, 0.25) is 0 Å². The maximum atomic E-state index is 8.53. The standard InChI is InChI=1S/C22H29N3O.BrH/c1-5-14-24-19-8-6-7-9-20(19)25(21(24)23)15-16-26-18-12-10-17(11-13-18)22(2,3)4;/h6-13,23H,5,14-16H2,1-4H3;1H/p-1. The molecule has 0 aliphatic carbocycles. The number of nitrogens with one attached hydrogen (secondary N) is 1. The van der Waals surface area contributed by atoms with Crippen LogP contribution in [0.25, 0.3) is 11.0 Å². The quantitative estimate of drug-likeness (QED) is 0.635. The second-order valence-electron chi connectivity index (χ2n) is 7.74. The number of para-hydroxylation sites is 2. The number of rotatable bonds is 6. The van der Waals surface area contributed by atoms with Gasteiger partial charge in [0.15, 0.2) is 0 Å². The second-order valence-corrected chi connectivity index (χ2v) is 7.74. The van der Waals surface area contributed by atoms with Crippen molar-refractivity contribution >= 4 is 11.0 Å². The van der Waals surface area contributed by atoms with Crippen LogP contribution >= 0.6 is 0 Å². The lowest BCUT2D eigenvalue weighted by Gasteiger charge is -2.19. The Hall–Kier alpha value is -2.01. The van der Waals surface area contributed by atoms with Gasteiger partial charge in [-0.2, -0.15) is 0 Å². The summed E-state index contributed by atoms with van der Waals surface area (Å²) in [5.41, 5.74) is 4.21. The van der Waals surface area contributed by atoms with Gasteiger partial charge in [0.05, 0.1) is 17.6 Å². The molecule has 0 atom stereocenters. The molecule has 0 spiro atoms. The summed E-state index contributed by atoms with van der Waals surface area (Å²) in [4.78, 5) is 0. The summed E-state index contributed by atoms with van der Waals surface area (Å²) in [5, 5.41) is 8.53. The molecular weight excluding hydrogens is 402 g/mol. The van der Waals surface area contributed by atoms with Crippen LogP contribution in [-0.4, -0.2) is 15.7 Å². The van der Waals surface area contributed by atoms with Gasteiger partial charge in [-0.1, -0.05) is 52.0 Å². The van der Waals surface area contributed by atoms with Gasteiger partial charge in [0.1, 0.15) is 12.4 Å². The van der Waals surface area contributed by atoms with E-state index in [2.05, 4.69) is 56.5 Å². The molecule has 0 bridgehead atoms. The molecule has 1 N–H and O–H groups in total. The van der Waals surface area contributed by atoms with Gasteiger partial charge in [0.25, 0.3) is 0 Å². The smallest absolute Gasteiger partial charge is 0.203 e. The fraction of sp³-hybridized carbons (Fsp3) is 0.409. The Labute approximate surface area is 172 Å². The van der Waals surface area contributed by atoms with E-state index in [9.17, 15) is 0 Å². The molecule has 0 fully saturated rings. The summed E-state index contributed by atoms with van der Waals surface area (Å²) >= 11 is 0. The van der Waals surface area contributed by atoms with E-state index in [1.54, 1.807) is 0 Å². The number of imidazole rings is 1. The molecule has 4 nitrogen and oxygen atoms in total. The Morgan fingerprint density at radius 1 is 0.889 bits per heavy atom. The van der Waals surface area contributed by atoms with Crippen LogP contribution in [0.1, 0.15) is 39.7 Å².